The van der Waals surface area contributed by atoms with Crippen LogP contribution in [0, 0.1) is 0 Å². The summed E-state index contributed by atoms with van der Waals surface area (Å²) >= 11 is 0. The highest BCUT2D eigenvalue weighted by Gasteiger charge is 2.10. The summed E-state index contributed by atoms with van der Waals surface area (Å²) in [5.74, 6) is 0. The van der Waals surface area contributed by atoms with E-state index in [1.807, 2.05) is 24.3 Å². The normalized spacial score (nSPS) is 12.0. The van der Waals surface area contributed by atoms with E-state index < -0.39 is 10.0 Å². The van der Waals surface area contributed by atoms with Gasteiger partial charge in [-0.25, -0.2) is 12.7 Å². The van der Waals surface area contributed by atoms with Crippen molar-refractivity contribution in [3.8, 4) is 0 Å². The summed E-state index contributed by atoms with van der Waals surface area (Å²) in [6.07, 6.45) is 1.19. The van der Waals surface area contributed by atoms with Gasteiger partial charge in [-0.2, -0.15) is 0 Å². The smallest absolute Gasteiger partial charge is 0.211 e. The van der Waals surface area contributed by atoms with Crippen molar-refractivity contribution in [1.82, 2.24) is 4.31 Å². The minimum Gasteiger partial charge on any atom is -0.326 e. The highest BCUT2D eigenvalue weighted by atomic mass is 32.2. The van der Waals surface area contributed by atoms with Crippen LogP contribution in [0.5, 0.6) is 0 Å². The van der Waals surface area contributed by atoms with Crippen LogP contribution in [0.25, 0.3) is 0 Å². The summed E-state index contributed by atoms with van der Waals surface area (Å²) in [5, 5.41) is 0. The maximum absolute atomic E-state index is 11.2. The molecule has 0 bridgehead atoms. The molecule has 0 atom stereocenters. The van der Waals surface area contributed by atoms with Crippen molar-refractivity contribution < 1.29 is 8.42 Å². The van der Waals surface area contributed by atoms with Gasteiger partial charge in [-0.1, -0.05) is 24.3 Å². The molecular formula is C10H16N2O2S. The van der Waals surface area contributed by atoms with E-state index in [1.54, 1.807) is 7.05 Å². The average molecular weight is 228 g/mol. The fourth-order valence-corrected chi connectivity index (χ4v) is 1.61. The maximum Gasteiger partial charge on any atom is 0.211 e. The topological polar surface area (TPSA) is 63.4 Å². The zero-order valence-electron chi connectivity index (χ0n) is 8.97. The second-order valence-electron chi connectivity index (χ2n) is 3.54. The number of benzene rings is 1. The van der Waals surface area contributed by atoms with Crippen molar-refractivity contribution >= 4 is 10.0 Å². The lowest BCUT2D eigenvalue weighted by atomic mass is 10.1. The van der Waals surface area contributed by atoms with Gasteiger partial charge in [-0.3, -0.25) is 0 Å². The molecule has 1 rings (SSSR count). The standard InChI is InChI=1S/C10H16N2O2S/c1-12(15(2,13)14)8-10-5-3-4-9(6-10)7-11/h3-6H,7-8,11H2,1-2H3. The van der Waals surface area contributed by atoms with Gasteiger partial charge in [0.25, 0.3) is 0 Å². The number of nitrogens with two attached hydrogens (primary N) is 1. The van der Waals surface area contributed by atoms with Gasteiger partial charge >= 0.3 is 0 Å². The molecule has 0 spiro atoms. The summed E-state index contributed by atoms with van der Waals surface area (Å²) < 4.78 is 23.7. The van der Waals surface area contributed by atoms with Crippen molar-refractivity contribution in [1.29, 1.82) is 0 Å². The third-order valence-corrected chi connectivity index (χ3v) is 3.46. The number of hydrogen-bond acceptors (Lipinski definition) is 3. The lowest BCUT2D eigenvalue weighted by Crippen LogP contribution is -2.24. The monoisotopic (exact) mass is 228 g/mol. The Balaban J connectivity index is 2.81. The Labute approximate surface area is 90.8 Å². The van der Waals surface area contributed by atoms with E-state index >= 15 is 0 Å². The van der Waals surface area contributed by atoms with Crippen molar-refractivity contribution in [3.63, 3.8) is 0 Å². The second kappa shape index (κ2) is 4.74. The van der Waals surface area contributed by atoms with Crippen LogP contribution in [0.15, 0.2) is 24.3 Å². The van der Waals surface area contributed by atoms with Crippen LogP contribution in [-0.2, 0) is 23.1 Å². The molecule has 1 aromatic rings. The summed E-state index contributed by atoms with van der Waals surface area (Å²) in [5.41, 5.74) is 7.46. The van der Waals surface area contributed by atoms with Gasteiger partial charge in [0, 0.05) is 20.1 Å². The molecule has 0 amide bonds. The van der Waals surface area contributed by atoms with E-state index in [4.69, 9.17) is 5.73 Å². The Kier molecular flexibility index (Phi) is 3.84. The number of nitrogens with zero attached hydrogens (tertiary/aromatic N) is 1. The molecule has 0 saturated heterocycles. The molecule has 4 nitrogen and oxygen atoms in total. The zero-order valence-corrected chi connectivity index (χ0v) is 9.79. The van der Waals surface area contributed by atoms with Gasteiger partial charge in [0.2, 0.25) is 10.0 Å². The van der Waals surface area contributed by atoms with Crippen LogP contribution < -0.4 is 5.73 Å². The first-order valence-corrected chi connectivity index (χ1v) is 6.47. The van der Waals surface area contributed by atoms with Crippen molar-refractivity contribution in [2.45, 2.75) is 13.1 Å². The van der Waals surface area contributed by atoms with Crippen LogP contribution in [0.1, 0.15) is 11.1 Å². The maximum atomic E-state index is 11.2. The highest BCUT2D eigenvalue weighted by molar-refractivity contribution is 7.88. The highest BCUT2D eigenvalue weighted by Crippen LogP contribution is 2.08. The van der Waals surface area contributed by atoms with Crippen LogP contribution in [0.2, 0.25) is 0 Å². The fraction of sp³-hybridized carbons (Fsp3) is 0.400. The molecule has 0 aromatic heterocycles. The van der Waals surface area contributed by atoms with E-state index in [2.05, 4.69) is 0 Å². The minimum atomic E-state index is -3.12. The van der Waals surface area contributed by atoms with Gasteiger partial charge < -0.3 is 5.73 Å². The number of rotatable bonds is 4. The first kappa shape index (κ1) is 12.2. The summed E-state index contributed by atoms with van der Waals surface area (Å²) in [4.78, 5) is 0. The van der Waals surface area contributed by atoms with Crippen molar-refractivity contribution in [2.24, 2.45) is 5.73 Å². The first-order chi connectivity index (χ1) is 6.93. The summed E-state index contributed by atoms with van der Waals surface area (Å²) in [6, 6.07) is 7.61. The Morgan fingerprint density at radius 3 is 2.47 bits per heavy atom. The summed E-state index contributed by atoms with van der Waals surface area (Å²) in [7, 11) is -1.56. The molecular weight excluding hydrogens is 212 g/mol. The predicted molar refractivity (Wildman–Crippen MR) is 60.6 cm³/mol. The van der Waals surface area contributed by atoms with E-state index in [0.717, 1.165) is 11.1 Å². The van der Waals surface area contributed by atoms with Gasteiger partial charge in [-0.15, -0.1) is 0 Å². The van der Waals surface area contributed by atoms with E-state index in [0.29, 0.717) is 13.1 Å². The zero-order chi connectivity index (χ0) is 11.5. The van der Waals surface area contributed by atoms with Crippen LogP contribution in [0.3, 0.4) is 0 Å². The van der Waals surface area contributed by atoms with Gasteiger partial charge in [-0.05, 0) is 11.1 Å². The van der Waals surface area contributed by atoms with Crippen molar-refractivity contribution in [3.05, 3.63) is 35.4 Å². The molecule has 2 N–H and O–H groups in total. The molecule has 0 unspecified atom stereocenters. The SMILES string of the molecule is CN(Cc1cccc(CN)c1)S(C)(=O)=O. The fourth-order valence-electron chi connectivity index (χ4n) is 1.23. The molecule has 15 heavy (non-hydrogen) atoms. The molecule has 84 valence electrons. The van der Waals surface area contributed by atoms with Crippen LogP contribution in [0.4, 0.5) is 0 Å². The summed E-state index contributed by atoms with van der Waals surface area (Å²) in [6.45, 7) is 0.850. The molecule has 1 aromatic carbocycles. The molecule has 0 fully saturated rings. The van der Waals surface area contributed by atoms with E-state index in [9.17, 15) is 8.42 Å². The van der Waals surface area contributed by atoms with Crippen molar-refractivity contribution in [2.75, 3.05) is 13.3 Å². The Morgan fingerprint density at radius 2 is 1.93 bits per heavy atom. The van der Waals surface area contributed by atoms with E-state index in [1.165, 1.54) is 10.6 Å². The Morgan fingerprint density at radius 1 is 1.33 bits per heavy atom. The lowest BCUT2D eigenvalue weighted by molar-refractivity contribution is 0.472. The predicted octanol–water partition coefficient (Wildman–Crippen LogP) is 0.537. The van der Waals surface area contributed by atoms with Gasteiger partial charge in [0.15, 0.2) is 0 Å². The minimum absolute atomic E-state index is 0.382. The number of sulfonamides is 1. The molecule has 0 heterocycles. The third kappa shape index (κ3) is 3.62. The third-order valence-electron chi connectivity index (χ3n) is 2.20. The van der Waals surface area contributed by atoms with Crippen LogP contribution >= 0.6 is 0 Å². The largest absolute Gasteiger partial charge is 0.326 e. The quantitative estimate of drug-likeness (QED) is 0.818. The molecule has 5 heteroatoms. The lowest BCUT2D eigenvalue weighted by Gasteiger charge is -2.14. The molecule has 0 radical (unpaired) electrons. The molecule has 0 aliphatic heterocycles. The molecule has 0 aliphatic carbocycles. The second-order valence-corrected chi connectivity index (χ2v) is 5.63. The van der Waals surface area contributed by atoms with Gasteiger partial charge in [0.1, 0.15) is 0 Å². The van der Waals surface area contributed by atoms with Crippen LogP contribution in [-0.4, -0.2) is 26.0 Å². The Bertz CT molecular complexity index is 429. The average Bonchev–Trinajstić information content (AvgIpc) is 2.16. The first-order valence-electron chi connectivity index (χ1n) is 4.62. The molecule has 0 aliphatic rings. The Hall–Kier alpha value is -0.910. The number of hydrogen-bond donors (Lipinski definition) is 1. The molecule has 0 saturated carbocycles. The van der Waals surface area contributed by atoms with E-state index in [-0.39, 0.29) is 0 Å². The van der Waals surface area contributed by atoms with Gasteiger partial charge in [0.05, 0.1) is 6.26 Å².